The van der Waals surface area contributed by atoms with Gasteiger partial charge in [-0.15, -0.1) is 0 Å². The van der Waals surface area contributed by atoms with Gasteiger partial charge in [0.05, 0.1) is 5.56 Å². The summed E-state index contributed by atoms with van der Waals surface area (Å²) >= 11 is 0. The van der Waals surface area contributed by atoms with E-state index in [1.54, 1.807) is 12.1 Å². The standard InChI is InChI=1S/C11H8O2.C3H4O2.Zn/c12-11(13)10-6-5-8-3-1-2-4-9(8)7-10;1-2-3(4)5;/h1-7H,(H,12,13);2H,1H2,(H,4,5);. The molecular formula is C14H12O4Zn. The van der Waals surface area contributed by atoms with Gasteiger partial charge in [0.15, 0.2) is 0 Å². The molecule has 4 nitrogen and oxygen atoms in total. The summed E-state index contributed by atoms with van der Waals surface area (Å²) in [6.07, 6.45) is 0.833. The Balaban J connectivity index is 0.000000471. The number of rotatable bonds is 2. The maximum atomic E-state index is 10.6. The number of benzene rings is 2. The number of fused-ring (bicyclic) bond motifs is 1. The Labute approximate surface area is 123 Å². The van der Waals surface area contributed by atoms with Crippen LogP contribution in [0.2, 0.25) is 0 Å². The van der Waals surface area contributed by atoms with E-state index in [1.165, 1.54) is 0 Å². The molecule has 5 heteroatoms. The minimum absolute atomic E-state index is 0. The summed E-state index contributed by atoms with van der Waals surface area (Å²) in [4.78, 5) is 19.9. The summed E-state index contributed by atoms with van der Waals surface area (Å²) in [6, 6.07) is 12.8. The molecule has 2 N–H and O–H groups in total. The van der Waals surface area contributed by atoms with Crippen molar-refractivity contribution in [1.29, 1.82) is 0 Å². The zero-order valence-electron chi connectivity index (χ0n) is 10.2. The van der Waals surface area contributed by atoms with Gasteiger partial charge in [-0.1, -0.05) is 36.9 Å². The minimum Gasteiger partial charge on any atom is -0.478 e. The van der Waals surface area contributed by atoms with E-state index >= 15 is 0 Å². The normalized spacial score (nSPS) is 8.63. The molecule has 0 aliphatic heterocycles. The molecule has 0 saturated heterocycles. The minimum atomic E-state index is -0.981. The van der Waals surface area contributed by atoms with E-state index in [-0.39, 0.29) is 19.5 Å². The summed E-state index contributed by atoms with van der Waals surface area (Å²) in [5.74, 6) is -1.87. The first-order valence-electron chi connectivity index (χ1n) is 5.12. The third kappa shape index (κ3) is 5.45. The second-order valence-electron chi connectivity index (χ2n) is 3.41. The second kappa shape index (κ2) is 8.17. The molecule has 19 heavy (non-hydrogen) atoms. The maximum absolute atomic E-state index is 10.6. The molecule has 0 atom stereocenters. The predicted molar refractivity (Wildman–Crippen MR) is 68.7 cm³/mol. The van der Waals surface area contributed by atoms with Crippen LogP contribution in [0.1, 0.15) is 10.4 Å². The number of carboxylic acid groups (broad SMARTS) is 2. The average molecular weight is 310 g/mol. The van der Waals surface area contributed by atoms with Gasteiger partial charge in [0.2, 0.25) is 0 Å². The van der Waals surface area contributed by atoms with E-state index < -0.39 is 11.9 Å². The number of carboxylic acids is 2. The second-order valence-corrected chi connectivity index (χ2v) is 3.41. The van der Waals surface area contributed by atoms with E-state index in [4.69, 9.17) is 10.2 Å². The van der Waals surface area contributed by atoms with Crippen molar-refractivity contribution in [2.75, 3.05) is 0 Å². The summed E-state index contributed by atoms with van der Waals surface area (Å²) < 4.78 is 0. The van der Waals surface area contributed by atoms with Crippen molar-refractivity contribution >= 4 is 22.7 Å². The zero-order valence-corrected chi connectivity index (χ0v) is 13.2. The van der Waals surface area contributed by atoms with Crippen molar-refractivity contribution in [3.63, 3.8) is 0 Å². The average Bonchev–Trinajstić information content (AvgIpc) is 2.38. The van der Waals surface area contributed by atoms with E-state index in [2.05, 4.69) is 6.58 Å². The van der Waals surface area contributed by atoms with Crippen LogP contribution in [0.5, 0.6) is 0 Å². The molecule has 0 radical (unpaired) electrons. The Kier molecular flexibility index (Phi) is 7.31. The van der Waals surface area contributed by atoms with Crippen molar-refractivity contribution in [3.8, 4) is 0 Å². The van der Waals surface area contributed by atoms with Crippen LogP contribution in [0, 0.1) is 0 Å². The van der Waals surface area contributed by atoms with E-state index in [0.717, 1.165) is 16.8 Å². The maximum Gasteiger partial charge on any atom is 0.335 e. The quantitative estimate of drug-likeness (QED) is 0.661. The van der Waals surface area contributed by atoms with E-state index in [0.29, 0.717) is 5.56 Å². The first-order chi connectivity index (χ1) is 8.54. The molecule has 0 aliphatic rings. The molecule has 2 aromatic carbocycles. The van der Waals surface area contributed by atoms with Crippen LogP contribution in [0.15, 0.2) is 55.1 Å². The number of hydrogen-bond donors (Lipinski definition) is 2. The van der Waals surface area contributed by atoms with Crippen LogP contribution in [0.3, 0.4) is 0 Å². The Morgan fingerprint density at radius 2 is 1.53 bits per heavy atom. The van der Waals surface area contributed by atoms with Crippen LogP contribution in [0.25, 0.3) is 10.8 Å². The summed E-state index contributed by atoms with van der Waals surface area (Å²) in [5.41, 5.74) is 0.332. The zero-order chi connectivity index (χ0) is 13.5. The molecule has 0 bridgehead atoms. The van der Waals surface area contributed by atoms with Gasteiger partial charge in [0.1, 0.15) is 0 Å². The number of hydrogen-bond acceptors (Lipinski definition) is 2. The predicted octanol–water partition coefficient (Wildman–Crippen LogP) is 2.79. The topological polar surface area (TPSA) is 74.6 Å². The molecule has 0 heterocycles. The van der Waals surface area contributed by atoms with E-state index in [9.17, 15) is 9.59 Å². The molecular weight excluding hydrogens is 298 g/mol. The number of aliphatic carboxylic acids is 1. The molecule has 2 rings (SSSR count). The largest absolute Gasteiger partial charge is 0.478 e. The van der Waals surface area contributed by atoms with E-state index in [1.807, 2.05) is 30.3 Å². The van der Waals surface area contributed by atoms with Crippen molar-refractivity contribution in [3.05, 3.63) is 60.7 Å². The molecule has 0 saturated carbocycles. The Hall–Kier alpha value is -2.00. The van der Waals surface area contributed by atoms with Gasteiger partial charge >= 0.3 is 11.9 Å². The van der Waals surface area contributed by atoms with Crippen LogP contribution >= 0.6 is 0 Å². The van der Waals surface area contributed by atoms with Crippen molar-refractivity contribution < 1.29 is 39.3 Å². The third-order valence-electron chi connectivity index (χ3n) is 2.17. The SMILES string of the molecule is C=CC(=O)O.O=C(O)c1ccc2ccccc2c1.[Zn]. The van der Waals surface area contributed by atoms with Crippen molar-refractivity contribution in [2.45, 2.75) is 0 Å². The Bertz CT molecular complexity index is 593. The molecule has 0 aliphatic carbocycles. The smallest absolute Gasteiger partial charge is 0.335 e. The fourth-order valence-electron chi connectivity index (χ4n) is 1.32. The summed E-state index contributed by atoms with van der Waals surface area (Å²) in [7, 11) is 0. The first kappa shape index (κ1) is 17.0. The molecule has 94 valence electrons. The first-order valence-corrected chi connectivity index (χ1v) is 5.12. The van der Waals surface area contributed by atoms with Crippen molar-refractivity contribution in [1.82, 2.24) is 0 Å². The summed E-state index contributed by atoms with van der Waals surface area (Å²) in [5, 5.41) is 18.4. The van der Waals surface area contributed by atoms with Gasteiger partial charge in [0, 0.05) is 25.6 Å². The number of aromatic carboxylic acids is 1. The molecule has 0 fully saturated rings. The summed E-state index contributed by atoms with van der Waals surface area (Å²) in [6.45, 7) is 2.96. The van der Waals surface area contributed by atoms with Crippen LogP contribution in [-0.2, 0) is 24.3 Å². The van der Waals surface area contributed by atoms with Gasteiger partial charge in [-0.25, -0.2) is 9.59 Å². The van der Waals surface area contributed by atoms with Gasteiger partial charge in [-0.2, -0.15) is 0 Å². The monoisotopic (exact) mass is 308 g/mol. The number of carbonyl (C=O) groups is 2. The van der Waals surface area contributed by atoms with Crippen molar-refractivity contribution in [2.24, 2.45) is 0 Å². The Morgan fingerprint density at radius 3 is 2.00 bits per heavy atom. The Morgan fingerprint density at radius 1 is 1.00 bits per heavy atom. The fourth-order valence-corrected chi connectivity index (χ4v) is 1.32. The third-order valence-corrected chi connectivity index (χ3v) is 2.17. The molecule has 0 aromatic heterocycles. The molecule has 0 unspecified atom stereocenters. The van der Waals surface area contributed by atoms with Gasteiger partial charge in [0.25, 0.3) is 0 Å². The molecule has 0 spiro atoms. The molecule has 0 amide bonds. The van der Waals surface area contributed by atoms with Gasteiger partial charge in [-0.3, -0.25) is 0 Å². The van der Waals surface area contributed by atoms with Crippen LogP contribution < -0.4 is 0 Å². The van der Waals surface area contributed by atoms with Crippen LogP contribution in [-0.4, -0.2) is 22.2 Å². The van der Waals surface area contributed by atoms with Crippen LogP contribution in [0.4, 0.5) is 0 Å². The molecule has 2 aromatic rings. The van der Waals surface area contributed by atoms with Gasteiger partial charge in [-0.05, 0) is 22.9 Å². The fraction of sp³-hybridized carbons (Fsp3) is 0. The van der Waals surface area contributed by atoms with Gasteiger partial charge < -0.3 is 10.2 Å².